The summed E-state index contributed by atoms with van der Waals surface area (Å²) < 4.78 is 9.90. The Morgan fingerprint density at radius 3 is 2.75 bits per heavy atom. The second-order valence-corrected chi connectivity index (χ2v) is 17.2. The topological polar surface area (TPSA) is 81.2 Å². The second-order valence-electron chi connectivity index (χ2n) is 11.2. The van der Waals surface area contributed by atoms with Gasteiger partial charge in [-0.3, -0.25) is 4.68 Å². The minimum atomic E-state index is -1.19. The molecule has 0 amide bonds. The van der Waals surface area contributed by atoms with Gasteiger partial charge >= 0.3 is 0 Å². The molecule has 36 heavy (non-hydrogen) atoms. The van der Waals surface area contributed by atoms with Crippen LogP contribution in [0, 0.1) is 5.92 Å². The summed E-state index contributed by atoms with van der Waals surface area (Å²) in [7, 11) is 0.704. The lowest BCUT2D eigenvalue weighted by Crippen LogP contribution is -2.43. The maximum atomic E-state index is 10.4. The summed E-state index contributed by atoms with van der Waals surface area (Å²) in [5.74, 6) is 1.06. The van der Waals surface area contributed by atoms with Gasteiger partial charge in [0.15, 0.2) is 5.65 Å². The van der Waals surface area contributed by atoms with Gasteiger partial charge in [0.1, 0.15) is 18.1 Å². The van der Waals surface area contributed by atoms with Gasteiger partial charge in [-0.2, -0.15) is 5.10 Å². The van der Waals surface area contributed by atoms with Crippen molar-refractivity contribution in [1.29, 1.82) is 0 Å². The largest absolute Gasteiger partial charge is 0.391 e. The number of aryl methyl sites for hydroxylation is 1. The molecule has 1 saturated heterocycles. The van der Waals surface area contributed by atoms with Crippen molar-refractivity contribution >= 4 is 47.6 Å². The number of aliphatic hydroxyl groups excluding tert-OH is 1. The Morgan fingerprint density at radius 2 is 2.00 bits per heavy atom. The molecule has 0 radical (unpaired) electrons. The van der Waals surface area contributed by atoms with Gasteiger partial charge in [-0.25, -0.2) is 9.97 Å². The Bertz CT molecular complexity index is 1390. The SMILES string of the molecule is C[C@@H]1CCN(c2cnc3c(-c4ccc5nn(C)cc5c4Cl)cn(COCC[Si](C)(C)C)c3n2)C[C@@H]1O. The molecule has 1 aromatic carbocycles. The molecule has 0 bridgehead atoms. The molecule has 1 N–H and O–H groups in total. The molecule has 2 atom stereocenters. The minimum absolute atomic E-state index is 0.290. The van der Waals surface area contributed by atoms with Gasteiger partial charge in [0.2, 0.25) is 0 Å². The number of halogens is 1. The van der Waals surface area contributed by atoms with E-state index in [1.807, 2.05) is 36.1 Å². The van der Waals surface area contributed by atoms with Crippen LogP contribution < -0.4 is 4.90 Å². The van der Waals surface area contributed by atoms with E-state index in [1.165, 1.54) is 0 Å². The molecule has 4 aromatic rings. The first-order valence-corrected chi connectivity index (χ1v) is 16.7. The molecule has 5 rings (SSSR count). The van der Waals surface area contributed by atoms with E-state index in [9.17, 15) is 5.11 Å². The van der Waals surface area contributed by atoms with Gasteiger partial charge in [-0.15, -0.1) is 0 Å². The average molecular weight is 527 g/mol. The third-order valence-corrected chi connectivity index (χ3v) is 9.16. The number of fused-ring (bicyclic) bond motifs is 2. The normalized spacial score (nSPS) is 19.0. The van der Waals surface area contributed by atoms with Gasteiger partial charge < -0.3 is 19.3 Å². The molecular weight excluding hydrogens is 492 g/mol. The smallest absolute Gasteiger partial charge is 0.163 e. The van der Waals surface area contributed by atoms with Crippen molar-refractivity contribution in [2.75, 3.05) is 24.6 Å². The van der Waals surface area contributed by atoms with E-state index in [1.54, 1.807) is 10.9 Å². The average Bonchev–Trinajstić information content (AvgIpc) is 3.38. The molecule has 1 aliphatic heterocycles. The van der Waals surface area contributed by atoms with Crippen molar-refractivity contribution in [3.8, 4) is 11.1 Å². The van der Waals surface area contributed by atoms with E-state index in [0.717, 1.165) is 64.6 Å². The van der Waals surface area contributed by atoms with Gasteiger partial charge in [0, 0.05) is 63.7 Å². The molecule has 0 saturated carbocycles. The first-order valence-electron chi connectivity index (χ1n) is 12.6. The lowest BCUT2D eigenvalue weighted by Gasteiger charge is -2.34. The van der Waals surface area contributed by atoms with Crippen LogP contribution in [-0.4, -0.2) is 63.3 Å². The predicted octanol–water partition coefficient (Wildman–Crippen LogP) is 5.16. The van der Waals surface area contributed by atoms with E-state index in [-0.39, 0.29) is 12.0 Å². The van der Waals surface area contributed by atoms with E-state index in [2.05, 4.69) is 36.6 Å². The van der Waals surface area contributed by atoms with Crippen LogP contribution in [0.2, 0.25) is 30.7 Å². The lowest BCUT2D eigenvalue weighted by atomic mass is 9.96. The fourth-order valence-electron chi connectivity index (χ4n) is 4.67. The van der Waals surface area contributed by atoms with Crippen molar-refractivity contribution in [3.05, 3.63) is 35.7 Å². The van der Waals surface area contributed by atoms with Crippen LogP contribution in [0.5, 0.6) is 0 Å². The van der Waals surface area contributed by atoms with Gasteiger partial charge in [0.25, 0.3) is 0 Å². The highest BCUT2D eigenvalue weighted by molar-refractivity contribution is 6.76. The lowest BCUT2D eigenvalue weighted by molar-refractivity contribution is 0.0898. The monoisotopic (exact) mass is 526 g/mol. The Kier molecular flexibility index (Phi) is 6.84. The quantitative estimate of drug-likeness (QED) is 0.265. The Hall–Kier alpha value is -2.46. The number of anilines is 1. The van der Waals surface area contributed by atoms with E-state index in [0.29, 0.717) is 18.3 Å². The van der Waals surface area contributed by atoms with Crippen LogP contribution in [-0.2, 0) is 18.5 Å². The minimum Gasteiger partial charge on any atom is -0.391 e. The maximum absolute atomic E-state index is 10.4. The number of hydrogen-bond acceptors (Lipinski definition) is 6. The summed E-state index contributed by atoms with van der Waals surface area (Å²) in [6.45, 7) is 11.7. The number of aromatic nitrogens is 5. The summed E-state index contributed by atoms with van der Waals surface area (Å²) in [6, 6.07) is 5.09. The number of aliphatic hydroxyl groups is 1. The maximum Gasteiger partial charge on any atom is 0.163 e. The van der Waals surface area contributed by atoms with Crippen molar-refractivity contribution in [1.82, 2.24) is 24.3 Å². The number of β-amino-alcohol motifs (C(OH)–C–C–N with tert-alkyl or cyclic N) is 1. The summed E-state index contributed by atoms with van der Waals surface area (Å²) in [5, 5.41) is 16.5. The third-order valence-electron chi connectivity index (χ3n) is 7.05. The van der Waals surface area contributed by atoms with E-state index < -0.39 is 8.07 Å². The molecule has 0 spiro atoms. The highest BCUT2D eigenvalue weighted by Crippen LogP contribution is 2.38. The molecule has 1 aliphatic rings. The highest BCUT2D eigenvalue weighted by atomic mass is 35.5. The summed E-state index contributed by atoms with van der Waals surface area (Å²) >= 11 is 6.89. The van der Waals surface area contributed by atoms with Crippen molar-refractivity contribution in [3.63, 3.8) is 0 Å². The molecule has 4 heterocycles. The number of benzene rings is 1. The summed E-state index contributed by atoms with van der Waals surface area (Å²) in [5.41, 5.74) is 4.21. The molecule has 10 heteroatoms. The van der Waals surface area contributed by atoms with Crippen molar-refractivity contribution < 1.29 is 9.84 Å². The van der Waals surface area contributed by atoms with Crippen molar-refractivity contribution in [2.24, 2.45) is 13.0 Å². The van der Waals surface area contributed by atoms with Crippen LogP contribution in [0.4, 0.5) is 5.82 Å². The molecule has 1 fully saturated rings. The number of hydrogen-bond donors (Lipinski definition) is 1. The van der Waals surface area contributed by atoms with Crippen LogP contribution in [0.3, 0.4) is 0 Å². The van der Waals surface area contributed by atoms with Gasteiger partial charge in [-0.1, -0.05) is 44.2 Å². The fourth-order valence-corrected chi connectivity index (χ4v) is 5.74. The molecule has 8 nitrogen and oxygen atoms in total. The molecule has 0 unspecified atom stereocenters. The van der Waals surface area contributed by atoms with E-state index in [4.69, 9.17) is 26.3 Å². The number of piperidine rings is 1. The zero-order valence-corrected chi connectivity index (χ0v) is 23.5. The van der Waals surface area contributed by atoms with Crippen LogP contribution in [0.25, 0.3) is 33.2 Å². The number of rotatable bonds is 7. The number of nitrogens with zero attached hydrogens (tertiary/aromatic N) is 6. The first-order chi connectivity index (χ1) is 17.1. The first kappa shape index (κ1) is 25.2. The second kappa shape index (κ2) is 9.78. The highest BCUT2D eigenvalue weighted by Gasteiger charge is 2.26. The van der Waals surface area contributed by atoms with Gasteiger partial charge in [-0.05, 0) is 24.4 Å². The number of ether oxygens (including phenoxy) is 1. The molecule has 192 valence electrons. The third kappa shape index (κ3) is 5.02. The Balaban J connectivity index is 1.54. The molecular formula is C26H35ClN6O2Si. The fraction of sp³-hybridized carbons (Fsp3) is 0.500. The standard InChI is InChI=1S/C26H35ClN6O2Si/c1-17-8-9-32(15-22(17)34)23-12-28-25-19(18-6-7-21-20(24(18)27)13-31(2)30-21)14-33(26(25)29-23)16-35-10-11-36(3,4)5/h6-7,12-14,17,22,34H,8-11,15-16H2,1-5H3/t17-,22+/m1/s1. The zero-order chi connectivity index (χ0) is 25.6. The summed E-state index contributed by atoms with van der Waals surface area (Å²) in [6.07, 6.45) is 6.34. The molecule has 3 aromatic heterocycles. The summed E-state index contributed by atoms with van der Waals surface area (Å²) in [4.78, 5) is 12.0. The predicted molar refractivity (Wildman–Crippen MR) is 148 cm³/mol. The van der Waals surface area contributed by atoms with Crippen LogP contribution in [0.15, 0.2) is 30.7 Å². The molecule has 0 aliphatic carbocycles. The van der Waals surface area contributed by atoms with Crippen LogP contribution >= 0.6 is 11.6 Å². The zero-order valence-electron chi connectivity index (χ0n) is 21.7. The van der Waals surface area contributed by atoms with Crippen LogP contribution in [0.1, 0.15) is 13.3 Å². The van der Waals surface area contributed by atoms with Crippen molar-refractivity contribution in [2.45, 2.75) is 51.9 Å². The Labute approximate surface area is 217 Å². The van der Waals surface area contributed by atoms with Gasteiger partial charge in [0.05, 0.1) is 22.8 Å². The Morgan fingerprint density at radius 1 is 1.19 bits per heavy atom. The van der Waals surface area contributed by atoms with E-state index >= 15 is 0 Å².